The molecule has 1 aromatic heterocycles. The average Bonchev–Trinajstić information content (AvgIpc) is 2.68. The van der Waals surface area contributed by atoms with Gasteiger partial charge in [0.05, 0.1) is 11.3 Å². The Hall–Kier alpha value is -2.86. The molecule has 3 rings (SSSR count). The van der Waals surface area contributed by atoms with Gasteiger partial charge in [-0.25, -0.2) is 9.98 Å². The van der Waals surface area contributed by atoms with Gasteiger partial charge in [-0.05, 0) is 24.3 Å². The lowest BCUT2D eigenvalue weighted by atomic mass is 10.1. The van der Waals surface area contributed by atoms with Gasteiger partial charge in [-0.15, -0.1) is 0 Å². The molecular formula is C20H22ClN5O. The summed E-state index contributed by atoms with van der Waals surface area (Å²) in [5, 5.41) is 0.618. The van der Waals surface area contributed by atoms with Gasteiger partial charge in [0.15, 0.2) is 0 Å². The molecule has 1 aliphatic heterocycles. The molecule has 1 fully saturated rings. The van der Waals surface area contributed by atoms with Gasteiger partial charge in [0.2, 0.25) is 5.91 Å². The molecule has 2 N–H and O–H groups in total. The molecule has 1 saturated heterocycles. The van der Waals surface area contributed by atoms with E-state index >= 15 is 0 Å². The summed E-state index contributed by atoms with van der Waals surface area (Å²) in [4.78, 5) is 24.5. The van der Waals surface area contributed by atoms with E-state index in [1.807, 2.05) is 29.2 Å². The zero-order valence-corrected chi connectivity index (χ0v) is 16.0. The summed E-state index contributed by atoms with van der Waals surface area (Å²) < 4.78 is 0. The molecule has 0 atom stereocenters. The number of piperazine rings is 1. The first-order chi connectivity index (χ1) is 13.0. The van der Waals surface area contributed by atoms with Gasteiger partial charge in [0, 0.05) is 49.9 Å². The van der Waals surface area contributed by atoms with Crippen molar-refractivity contribution in [1.82, 2.24) is 9.88 Å². The monoisotopic (exact) mass is 383 g/mol. The maximum atomic E-state index is 11.5. The largest absolute Gasteiger partial charge is 0.383 e. The number of carbonyl (C=O) groups excluding carboxylic acids is 1. The minimum Gasteiger partial charge on any atom is -0.383 e. The van der Waals surface area contributed by atoms with Crippen LogP contribution >= 0.6 is 11.6 Å². The maximum Gasteiger partial charge on any atom is 0.219 e. The van der Waals surface area contributed by atoms with Crippen molar-refractivity contribution in [3.05, 3.63) is 65.3 Å². The van der Waals surface area contributed by atoms with Gasteiger partial charge in [-0.3, -0.25) is 4.79 Å². The summed E-state index contributed by atoms with van der Waals surface area (Å²) >= 11 is 6.04. The third-order valence-electron chi connectivity index (χ3n) is 4.50. The number of aliphatic imine (C=N–C) groups is 1. The minimum absolute atomic E-state index is 0.0924. The normalized spacial score (nSPS) is 15.0. The number of amidine groups is 1. The highest BCUT2D eigenvalue weighted by molar-refractivity contribution is 6.30. The second-order valence-electron chi connectivity index (χ2n) is 6.32. The van der Waals surface area contributed by atoms with Gasteiger partial charge in [-0.1, -0.05) is 30.3 Å². The van der Waals surface area contributed by atoms with Gasteiger partial charge in [-0.2, -0.15) is 0 Å². The predicted octanol–water partition coefficient (Wildman–Crippen LogP) is 2.78. The van der Waals surface area contributed by atoms with Crippen LogP contribution in [0.3, 0.4) is 0 Å². The lowest BCUT2D eigenvalue weighted by Crippen LogP contribution is -2.48. The Morgan fingerprint density at radius 1 is 1.22 bits per heavy atom. The molecule has 2 heterocycles. The van der Waals surface area contributed by atoms with Crippen molar-refractivity contribution < 1.29 is 4.79 Å². The molecule has 1 aromatic carbocycles. The van der Waals surface area contributed by atoms with Gasteiger partial charge >= 0.3 is 0 Å². The van der Waals surface area contributed by atoms with E-state index in [4.69, 9.17) is 17.3 Å². The lowest BCUT2D eigenvalue weighted by molar-refractivity contribution is -0.129. The molecule has 0 radical (unpaired) electrons. The highest BCUT2D eigenvalue weighted by Gasteiger charge is 2.22. The van der Waals surface area contributed by atoms with Crippen molar-refractivity contribution >= 4 is 34.9 Å². The Kier molecular flexibility index (Phi) is 5.76. The number of hydrogen-bond acceptors (Lipinski definition) is 4. The van der Waals surface area contributed by atoms with Crippen LogP contribution in [-0.2, 0) is 4.79 Å². The molecule has 27 heavy (non-hydrogen) atoms. The number of carbonyl (C=O) groups is 1. The van der Waals surface area contributed by atoms with E-state index in [1.165, 1.54) is 0 Å². The quantitative estimate of drug-likeness (QED) is 0.650. The Bertz CT molecular complexity index is 887. The van der Waals surface area contributed by atoms with Crippen molar-refractivity contribution in [2.75, 3.05) is 31.1 Å². The number of anilines is 1. The molecule has 140 valence electrons. The second-order valence-corrected chi connectivity index (χ2v) is 6.76. The van der Waals surface area contributed by atoms with Crippen LogP contribution in [0.4, 0.5) is 5.82 Å². The van der Waals surface area contributed by atoms with Crippen LogP contribution in [-0.4, -0.2) is 47.8 Å². The molecular weight excluding hydrogens is 362 g/mol. The number of nitrogens with two attached hydrogens (primary N) is 1. The number of halogens is 1. The molecule has 0 bridgehead atoms. The summed E-state index contributed by atoms with van der Waals surface area (Å²) in [7, 11) is 0. The molecule has 7 heteroatoms. The van der Waals surface area contributed by atoms with E-state index in [1.54, 1.807) is 25.3 Å². The molecule has 0 saturated carbocycles. The van der Waals surface area contributed by atoms with E-state index in [2.05, 4.69) is 21.5 Å². The Balaban J connectivity index is 1.83. The topological polar surface area (TPSA) is 74.8 Å². The fraction of sp³-hybridized carbons (Fsp3) is 0.250. The zero-order chi connectivity index (χ0) is 19.4. The Morgan fingerprint density at radius 3 is 2.63 bits per heavy atom. The Labute approximate surface area is 164 Å². The molecule has 2 aromatic rings. The maximum absolute atomic E-state index is 11.5. The number of aromatic nitrogens is 1. The minimum atomic E-state index is 0.0924. The number of benzene rings is 1. The van der Waals surface area contributed by atoms with E-state index in [9.17, 15) is 4.79 Å². The molecule has 1 aliphatic rings. The molecule has 1 amide bonds. The van der Waals surface area contributed by atoms with Gasteiger partial charge < -0.3 is 15.5 Å². The average molecular weight is 384 g/mol. The number of amides is 1. The van der Waals surface area contributed by atoms with Crippen LogP contribution in [0.5, 0.6) is 0 Å². The second kappa shape index (κ2) is 8.22. The molecule has 6 nitrogen and oxygen atoms in total. The van der Waals surface area contributed by atoms with Crippen molar-refractivity contribution in [3.8, 4) is 0 Å². The molecule has 0 spiro atoms. The molecule has 0 unspecified atom stereocenters. The first-order valence-corrected chi connectivity index (χ1v) is 9.08. The van der Waals surface area contributed by atoms with E-state index in [0.29, 0.717) is 42.7 Å². The number of rotatable bonds is 4. The lowest BCUT2D eigenvalue weighted by Gasteiger charge is -2.35. The highest BCUT2D eigenvalue weighted by atomic mass is 35.5. The summed E-state index contributed by atoms with van der Waals surface area (Å²) in [6.07, 6.45) is 1.73. The molecule has 0 aliphatic carbocycles. The van der Waals surface area contributed by atoms with Gasteiger partial charge in [0.25, 0.3) is 0 Å². The van der Waals surface area contributed by atoms with Gasteiger partial charge in [0.1, 0.15) is 11.7 Å². The zero-order valence-electron chi connectivity index (χ0n) is 15.2. The summed E-state index contributed by atoms with van der Waals surface area (Å²) in [5.74, 6) is 1.20. The van der Waals surface area contributed by atoms with E-state index in [-0.39, 0.29) is 5.91 Å². The van der Waals surface area contributed by atoms with Crippen molar-refractivity contribution in [2.45, 2.75) is 6.92 Å². The number of nitrogens with zero attached hydrogens (tertiary/aromatic N) is 4. The van der Waals surface area contributed by atoms with Crippen molar-refractivity contribution in [2.24, 2.45) is 10.7 Å². The summed E-state index contributed by atoms with van der Waals surface area (Å²) in [5.41, 5.74) is 8.37. The fourth-order valence-corrected chi connectivity index (χ4v) is 3.21. The third-order valence-corrected chi connectivity index (χ3v) is 4.74. The first kappa shape index (κ1) is 18.9. The highest BCUT2D eigenvalue weighted by Crippen LogP contribution is 2.22. The summed E-state index contributed by atoms with van der Waals surface area (Å²) in [6, 6.07) is 11.0. The predicted molar refractivity (Wildman–Crippen MR) is 110 cm³/mol. The van der Waals surface area contributed by atoms with Crippen molar-refractivity contribution in [3.63, 3.8) is 0 Å². The first-order valence-electron chi connectivity index (χ1n) is 8.70. The van der Waals surface area contributed by atoms with Crippen LogP contribution in [0.1, 0.15) is 18.1 Å². The van der Waals surface area contributed by atoms with Crippen LogP contribution < -0.4 is 10.6 Å². The van der Waals surface area contributed by atoms with Crippen LogP contribution in [0, 0.1) is 0 Å². The van der Waals surface area contributed by atoms with Crippen LogP contribution in [0.25, 0.3) is 5.70 Å². The summed E-state index contributed by atoms with van der Waals surface area (Å²) in [6.45, 7) is 8.32. The van der Waals surface area contributed by atoms with Crippen LogP contribution in [0.2, 0.25) is 5.02 Å². The van der Waals surface area contributed by atoms with E-state index < -0.39 is 0 Å². The number of pyridine rings is 1. The standard InChI is InChI=1S/C20H22ClN5O/c1-14(16-5-3-6-17(21)13-16)24-19(22)18-7-4-8-23-20(18)26-11-9-25(10-12-26)15(2)27/h3-8,13H,1,9-12H2,2H3,(H2,22,24). The van der Waals surface area contributed by atoms with Crippen LogP contribution in [0.15, 0.2) is 54.2 Å². The van der Waals surface area contributed by atoms with Crippen molar-refractivity contribution in [1.29, 1.82) is 0 Å². The Morgan fingerprint density at radius 2 is 1.96 bits per heavy atom. The smallest absolute Gasteiger partial charge is 0.219 e. The third kappa shape index (κ3) is 4.46. The fourth-order valence-electron chi connectivity index (χ4n) is 3.02. The number of hydrogen-bond donors (Lipinski definition) is 1. The van der Waals surface area contributed by atoms with E-state index in [0.717, 1.165) is 16.9 Å². The SMILES string of the molecule is C=C(N=C(N)c1cccnc1N1CCN(C(C)=O)CC1)c1cccc(Cl)c1.